The van der Waals surface area contributed by atoms with Gasteiger partial charge in [-0.1, -0.05) is 23.4 Å². The number of nitrogens with zero attached hydrogens (tertiary/aromatic N) is 3. The number of thioether (sulfide) groups is 1. The van der Waals surface area contributed by atoms with Gasteiger partial charge in [-0.15, -0.1) is 0 Å². The fraction of sp³-hybridized carbons (Fsp3) is 0.455. The number of halogens is 1. The second-order valence-electron chi connectivity index (χ2n) is 3.94. The summed E-state index contributed by atoms with van der Waals surface area (Å²) in [6.07, 6.45) is 1.22. The maximum Gasteiger partial charge on any atom is 0.356 e. The zero-order valence-corrected chi connectivity index (χ0v) is 12.0. The number of hydrogen-bond donors (Lipinski definition) is 1. The van der Waals surface area contributed by atoms with Gasteiger partial charge in [-0.3, -0.25) is 4.79 Å². The summed E-state index contributed by atoms with van der Waals surface area (Å²) in [5, 5.41) is 9.09. The van der Waals surface area contributed by atoms with Crippen molar-refractivity contribution in [3.8, 4) is 0 Å². The van der Waals surface area contributed by atoms with E-state index in [1.54, 1.807) is 4.90 Å². The summed E-state index contributed by atoms with van der Waals surface area (Å²) in [4.78, 5) is 32.2. The van der Waals surface area contributed by atoms with Gasteiger partial charge in [-0.25, -0.2) is 14.8 Å². The Kier molecular flexibility index (Phi) is 5.16. The molecule has 0 radical (unpaired) electrons. The molecule has 0 saturated carbocycles. The lowest BCUT2D eigenvalue weighted by atomic mass is 10.4. The molecular formula is C11H12ClN3O4S. The average Bonchev–Trinajstić information content (AvgIpc) is 2.46. The van der Waals surface area contributed by atoms with Crippen LogP contribution in [-0.2, 0) is 9.53 Å². The van der Waals surface area contributed by atoms with Gasteiger partial charge in [0, 0.05) is 13.1 Å². The number of ether oxygens (including phenoxy) is 1. The molecule has 0 aliphatic carbocycles. The van der Waals surface area contributed by atoms with Gasteiger partial charge < -0.3 is 14.7 Å². The molecule has 7 nitrogen and oxygen atoms in total. The SMILES string of the molecule is O=C(O)c1nc(SCC(=O)N2CCOCC2)ncc1Cl. The molecule has 1 aromatic heterocycles. The van der Waals surface area contributed by atoms with E-state index in [2.05, 4.69) is 9.97 Å². The Balaban J connectivity index is 1.95. The molecule has 108 valence electrons. The summed E-state index contributed by atoms with van der Waals surface area (Å²) in [7, 11) is 0. The highest BCUT2D eigenvalue weighted by atomic mass is 35.5. The van der Waals surface area contributed by atoms with Gasteiger partial charge in [0.2, 0.25) is 5.91 Å². The summed E-state index contributed by atoms with van der Waals surface area (Å²) in [5.41, 5.74) is -0.261. The third-order valence-corrected chi connectivity index (χ3v) is 3.74. The molecule has 1 aliphatic rings. The number of rotatable bonds is 4. The Morgan fingerprint density at radius 1 is 1.45 bits per heavy atom. The lowest BCUT2D eigenvalue weighted by Crippen LogP contribution is -2.41. The van der Waals surface area contributed by atoms with Gasteiger partial charge in [0.15, 0.2) is 10.9 Å². The second-order valence-corrected chi connectivity index (χ2v) is 5.29. The number of morpholine rings is 1. The van der Waals surface area contributed by atoms with E-state index >= 15 is 0 Å². The highest BCUT2D eigenvalue weighted by molar-refractivity contribution is 7.99. The molecule has 1 aliphatic heterocycles. The molecule has 1 amide bonds. The van der Waals surface area contributed by atoms with Crippen molar-refractivity contribution in [1.29, 1.82) is 0 Å². The minimum absolute atomic E-state index is 0.0265. The topological polar surface area (TPSA) is 92.6 Å². The molecule has 0 bridgehead atoms. The van der Waals surface area contributed by atoms with Crippen molar-refractivity contribution in [3.05, 3.63) is 16.9 Å². The van der Waals surface area contributed by atoms with E-state index in [0.29, 0.717) is 26.3 Å². The molecule has 20 heavy (non-hydrogen) atoms. The molecule has 9 heteroatoms. The van der Waals surface area contributed by atoms with Crippen molar-refractivity contribution in [3.63, 3.8) is 0 Å². The van der Waals surface area contributed by atoms with Crippen molar-refractivity contribution < 1.29 is 19.4 Å². The molecule has 1 aromatic rings. The highest BCUT2D eigenvalue weighted by Gasteiger charge is 2.18. The smallest absolute Gasteiger partial charge is 0.356 e. The maximum atomic E-state index is 11.9. The Morgan fingerprint density at radius 3 is 2.80 bits per heavy atom. The van der Waals surface area contributed by atoms with E-state index in [4.69, 9.17) is 21.4 Å². The number of aromatic carboxylic acids is 1. The molecule has 0 aromatic carbocycles. The first-order chi connectivity index (χ1) is 9.58. The van der Waals surface area contributed by atoms with E-state index in [0.717, 1.165) is 11.8 Å². The molecule has 0 unspecified atom stereocenters. The van der Waals surface area contributed by atoms with Crippen molar-refractivity contribution in [2.75, 3.05) is 32.1 Å². The monoisotopic (exact) mass is 317 g/mol. The minimum Gasteiger partial charge on any atom is -0.476 e. The molecule has 1 saturated heterocycles. The van der Waals surface area contributed by atoms with Crippen molar-refractivity contribution in [2.45, 2.75) is 5.16 Å². The first-order valence-corrected chi connectivity index (χ1v) is 7.18. The zero-order chi connectivity index (χ0) is 14.5. The van der Waals surface area contributed by atoms with Crippen LogP contribution in [0.4, 0.5) is 0 Å². The third-order valence-electron chi connectivity index (χ3n) is 2.61. The van der Waals surface area contributed by atoms with Crippen LogP contribution in [0.15, 0.2) is 11.4 Å². The number of carboxylic acid groups (broad SMARTS) is 1. The fourth-order valence-electron chi connectivity index (χ4n) is 1.60. The largest absolute Gasteiger partial charge is 0.476 e. The summed E-state index contributed by atoms with van der Waals surface area (Å²) < 4.78 is 5.16. The first kappa shape index (κ1) is 15.0. The van der Waals surface area contributed by atoms with Crippen LogP contribution in [0.5, 0.6) is 0 Å². The average molecular weight is 318 g/mol. The quantitative estimate of drug-likeness (QED) is 0.648. The van der Waals surface area contributed by atoms with Gasteiger partial charge in [-0.2, -0.15) is 0 Å². The van der Waals surface area contributed by atoms with Gasteiger partial charge in [0.1, 0.15) is 0 Å². The van der Waals surface area contributed by atoms with Crippen LogP contribution < -0.4 is 0 Å². The molecule has 1 N–H and O–H groups in total. The van der Waals surface area contributed by atoms with E-state index in [-0.39, 0.29) is 27.5 Å². The van der Waals surface area contributed by atoms with Crippen LogP contribution in [0.3, 0.4) is 0 Å². The fourth-order valence-corrected chi connectivity index (χ4v) is 2.49. The summed E-state index contributed by atoms with van der Waals surface area (Å²) >= 11 is 6.76. The Morgan fingerprint density at radius 2 is 2.15 bits per heavy atom. The molecule has 0 atom stereocenters. The van der Waals surface area contributed by atoms with Crippen LogP contribution in [0.2, 0.25) is 5.02 Å². The number of carbonyl (C=O) groups is 2. The zero-order valence-electron chi connectivity index (χ0n) is 10.4. The minimum atomic E-state index is -1.22. The summed E-state index contributed by atoms with van der Waals surface area (Å²) in [6, 6.07) is 0. The second kappa shape index (κ2) is 6.87. The Labute approximate surface area is 124 Å². The van der Waals surface area contributed by atoms with Crippen molar-refractivity contribution >= 4 is 35.2 Å². The lowest BCUT2D eigenvalue weighted by molar-refractivity contribution is -0.132. The number of carboxylic acids is 1. The van der Waals surface area contributed by atoms with E-state index in [9.17, 15) is 9.59 Å². The molecule has 2 rings (SSSR count). The van der Waals surface area contributed by atoms with E-state index in [1.807, 2.05) is 0 Å². The maximum absolute atomic E-state index is 11.9. The predicted octanol–water partition coefficient (Wildman–Crippen LogP) is 0.779. The molecule has 1 fully saturated rings. The van der Waals surface area contributed by atoms with Crippen LogP contribution in [0, 0.1) is 0 Å². The van der Waals surface area contributed by atoms with E-state index < -0.39 is 5.97 Å². The van der Waals surface area contributed by atoms with Crippen LogP contribution in [0.1, 0.15) is 10.5 Å². The number of carbonyl (C=O) groups excluding carboxylic acids is 1. The van der Waals surface area contributed by atoms with Crippen LogP contribution in [-0.4, -0.2) is 63.9 Å². The molecule has 2 heterocycles. The Hall–Kier alpha value is -1.38. The van der Waals surface area contributed by atoms with Gasteiger partial charge in [0.25, 0.3) is 0 Å². The van der Waals surface area contributed by atoms with Crippen LogP contribution in [0.25, 0.3) is 0 Å². The number of aromatic nitrogens is 2. The normalized spacial score (nSPS) is 15.2. The van der Waals surface area contributed by atoms with Gasteiger partial charge >= 0.3 is 5.97 Å². The van der Waals surface area contributed by atoms with Gasteiger partial charge in [-0.05, 0) is 0 Å². The highest BCUT2D eigenvalue weighted by Crippen LogP contribution is 2.18. The first-order valence-electron chi connectivity index (χ1n) is 5.82. The van der Waals surface area contributed by atoms with E-state index in [1.165, 1.54) is 6.20 Å². The number of amides is 1. The third kappa shape index (κ3) is 3.81. The van der Waals surface area contributed by atoms with Crippen molar-refractivity contribution in [1.82, 2.24) is 14.9 Å². The predicted molar refractivity (Wildman–Crippen MR) is 72.1 cm³/mol. The summed E-state index contributed by atoms with van der Waals surface area (Å²) in [6.45, 7) is 2.22. The Bertz CT molecular complexity index is 522. The molecule has 0 spiro atoms. The van der Waals surface area contributed by atoms with Crippen molar-refractivity contribution in [2.24, 2.45) is 0 Å². The van der Waals surface area contributed by atoms with Crippen LogP contribution >= 0.6 is 23.4 Å². The summed E-state index contributed by atoms with van der Waals surface area (Å²) in [5.74, 6) is -1.12. The number of hydrogen-bond acceptors (Lipinski definition) is 6. The molecular weight excluding hydrogens is 306 g/mol. The lowest BCUT2D eigenvalue weighted by Gasteiger charge is -2.26. The van der Waals surface area contributed by atoms with Gasteiger partial charge in [0.05, 0.1) is 30.2 Å². The standard InChI is InChI=1S/C11H12ClN3O4S/c12-7-5-13-11(14-9(7)10(17)18)20-6-8(16)15-1-3-19-4-2-15/h5H,1-4,6H2,(H,17,18).